The molecule has 0 N–H and O–H groups in total. The number of halogens is 3. The van der Waals surface area contributed by atoms with Crippen molar-refractivity contribution in [3.63, 3.8) is 0 Å². The molecule has 1 atom stereocenters. The second kappa shape index (κ2) is 10.3. The van der Waals surface area contributed by atoms with Crippen molar-refractivity contribution in [3.8, 4) is 11.5 Å². The molecule has 1 spiro atoms. The Balaban J connectivity index is 1.42. The van der Waals surface area contributed by atoms with Crippen LogP contribution in [-0.4, -0.2) is 38.8 Å². The van der Waals surface area contributed by atoms with Crippen LogP contribution in [0.25, 0.3) is 0 Å². The number of morpholine rings is 1. The van der Waals surface area contributed by atoms with Crippen molar-refractivity contribution in [2.24, 2.45) is 0 Å². The lowest BCUT2D eigenvalue weighted by Gasteiger charge is -2.38. The summed E-state index contributed by atoms with van der Waals surface area (Å²) in [7, 11) is 0. The Hall–Kier alpha value is -4.50. The van der Waals surface area contributed by atoms with Crippen LogP contribution in [0.4, 0.5) is 30.2 Å². The fraction of sp³-hybridized carbons (Fsp3) is 0.265. The molecule has 3 aliphatic rings. The molecule has 0 radical (unpaired) electrons. The van der Waals surface area contributed by atoms with Crippen molar-refractivity contribution < 1.29 is 32.2 Å². The maximum atomic E-state index is 15.4. The minimum Gasteiger partial charge on any atom is -0.456 e. The number of benzene rings is 4. The highest BCUT2D eigenvalue weighted by atomic mass is 19.2. The Kier molecular flexibility index (Phi) is 6.58. The van der Waals surface area contributed by atoms with Crippen LogP contribution in [0.1, 0.15) is 46.0 Å². The van der Waals surface area contributed by atoms with Crippen LogP contribution in [0.3, 0.4) is 0 Å². The summed E-state index contributed by atoms with van der Waals surface area (Å²) in [5, 5.41) is 0. The Morgan fingerprint density at radius 2 is 1.67 bits per heavy atom. The van der Waals surface area contributed by atoms with Gasteiger partial charge in [-0.05, 0) is 49.7 Å². The zero-order valence-electron chi connectivity index (χ0n) is 23.8. The quantitative estimate of drug-likeness (QED) is 0.180. The lowest BCUT2D eigenvalue weighted by Crippen LogP contribution is -2.37. The third-order valence-electron chi connectivity index (χ3n) is 8.46. The van der Waals surface area contributed by atoms with Gasteiger partial charge in [0.15, 0.2) is 23.1 Å². The molecule has 7 rings (SSSR count). The summed E-state index contributed by atoms with van der Waals surface area (Å²) < 4.78 is 62.5. The van der Waals surface area contributed by atoms with E-state index in [9.17, 15) is 13.6 Å². The molecule has 0 bridgehead atoms. The van der Waals surface area contributed by atoms with Crippen LogP contribution in [-0.2, 0) is 15.1 Å². The summed E-state index contributed by atoms with van der Waals surface area (Å²) in [5.74, 6) is -2.62. The number of carbonyl (C=O) groups is 1. The Morgan fingerprint density at radius 3 is 2.47 bits per heavy atom. The SMILES string of the molecule is CCCN(c1ccc2c(c1)C1(OC(=O)c3ccccc31)c1ccc(N3CCOCC3)cc1O2)c1cc(F)c(F)c(C)c1F. The predicted octanol–water partition coefficient (Wildman–Crippen LogP) is 7.37. The first-order valence-corrected chi connectivity index (χ1v) is 14.4. The second-order valence-electron chi connectivity index (χ2n) is 11.0. The smallest absolute Gasteiger partial charge is 0.340 e. The number of anilines is 3. The fourth-order valence-electron chi connectivity index (χ4n) is 6.36. The first-order chi connectivity index (χ1) is 20.8. The van der Waals surface area contributed by atoms with E-state index in [1.165, 1.54) is 6.92 Å². The highest BCUT2D eigenvalue weighted by molar-refractivity contribution is 5.97. The number of esters is 1. The molecule has 3 heterocycles. The topological polar surface area (TPSA) is 51.2 Å². The molecule has 0 saturated carbocycles. The van der Waals surface area contributed by atoms with E-state index in [4.69, 9.17) is 14.2 Å². The predicted molar refractivity (Wildman–Crippen MR) is 156 cm³/mol. The number of carbonyl (C=O) groups excluding carboxylic acids is 1. The van der Waals surface area contributed by atoms with Gasteiger partial charge in [-0.3, -0.25) is 0 Å². The lowest BCUT2D eigenvalue weighted by atomic mass is 9.77. The van der Waals surface area contributed by atoms with E-state index in [0.29, 0.717) is 65.6 Å². The number of nitrogens with zero attached hydrogens (tertiary/aromatic N) is 2. The highest BCUT2D eigenvalue weighted by Crippen LogP contribution is 2.57. The molecule has 0 amide bonds. The fourth-order valence-corrected chi connectivity index (χ4v) is 6.36. The van der Waals surface area contributed by atoms with E-state index in [2.05, 4.69) is 4.90 Å². The summed E-state index contributed by atoms with van der Waals surface area (Å²) in [6, 6.07) is 19.3. The third kappa shape index (κ3) is 4.17. The Bertz CT molecular complexity index is 1770. The van der Waals surface area contributed by atoms with Crippen LogP contribution in [0, 0.1) is 24.4 Å². The number of ether oxygens (including phenoxy) is 3. The van der Waals surface area contributed by atoms with E-state index < -0.39 is 34.6 Å². The summed E-state index contributed by atoms with van der Waals surface area (Å²) >= 11 is 0. The molecule has 43 heavy (non-hydrogen) atoms. The van der Waals surface area contributed by atoms with Crippen LogP contribution < -0.4 is 14.5 Å². The summed E-state index contributed by atoms with van der Waals surface area (Å²) in [4.78, 5) is 17.2. The molecule has 9 heteroatoms. The van der Waals surface area contributed by atoms with Gasteiger partial charge in [0.2, 0.25) is 0 Å². The Labute approximate surface area is 247 Å². The van der Waals surface area contributed by atoms with E-state index >= 15 is 4.39 Å². The van der Waals surface area contributed by atoms with Gasteiger partial charge in [-0.1, -0.05) is 25.1 Å². The van der Waals surface area contributed by atoms with Crippen LogP contribution in [0.15, 0.2) is 66.7 Å². The van der Waals surface area contributed by atoms with Gasteiger partial charge in [-0.2, -0.15) is 0 Å². The molecule has 4 aromatic carbocycles. The monoisotopic (exact) mass is 586 g/mol. The molecule has 4 aromatic rings. The molecule has 1 unspecified atom stereocenters. The minimum absolute atomic E-state index is 0.0802. The molecular formula is C34H29F3N2O4. The number of fused-ring (bicyclic) bond motifs is 6. The maximum absolute atomic E-state index is 15.4. The van der Waals surface area contributed by atoms with Gasteiger partial charge in [0, 0.05) is 65.4 Å². The van der Waals surface area contributed by atoms with Gasteiger partial charge < -0.3 is 24.0 Å². The Morgan fingerprint density at radius 1 is 0.884 bits per heavy atom. The van der Waals surface area contributed by atoms with Crippen molar-refractivity contribution in [3.05, 3.63) is 112 Å². The number of hydrogen-bond donors (Lipinski definition) is 0. The van der Waals surface area contributed by atoms with E-state index in [-0.39, 0.29) is 5.69 Å². The molecule has 1 saturated heterocycles. The van der Waals surface area contributed by atoms with Gasteiger partial charge in [-0.25, -0.2) is 18.0 Å². The van der Waals surface area contributed by atoms with Crippen LogP contribution >= 0.6 is 0 Å². The van der Waals surface area contributed by atoms with Gasteiger partial charge in [0.05, 0.1) is 24.5 Å². The largest absolute Gasteiger partial charge is 0.456 e. The van der Waals surface area contributed by atoms with Crippen molar-refractivity contribution in [2.45, 2.75) is 25.9 Å². The third-order valence-corrected chi connectivity index (χ3v) is 8.46. The van der Waals surface area contributed by atoms with Crippen LogP contribution in [0.2, 0.25) is 0 Å². The molecule has 0 aromatic heterocycles. The first kappa shape index (κ1) is 27.3. The highest BCUT2D eigenvalue weighted by Gasteiger charge is 2.53. The van der Waals surface area contributed by atoms with Gasteiger partial charge in [0.25, 0.3) is 0 Å². The summed E-state index contributed by atoms with van der Waals surface area (Å²) in [6.45, 7) is 6.20. The van der Waals surface area contributed by atoms with Gasteiger partial charge in [-0.15, -0.1) is 0 Å². The summed E-state index contributed by atoms with van der Waals surface area (Å²) in [5.41, 5.74) is 1.99. The molecule has 6 nitrogen and oxygen atoms in total. The van der Waals surface area contributed by atoms with Crippen LogP contribution in [0.5, 0.6) is 11.5 Å². The zero-order valence-corrected chi connectivity index (χ0v) is 23.8. The number of rotatable bonds is 5. The van der Waals surface area contributed by atoms with Crippen molar-refractivity contribution in [1.82, 2.24) is 0 Å². The van der Waals surface area contributed by atoms with Gasteiger partial charge >= 0.3 is 5.97 Å². The van der Waals surface area contributed by atoms with Gasteiger partial charge in [0.1, 0.15) is 11.5 Å². The number of hydrogen-bond acceptors (Lipinski definition) is 6. The van der Waals surface area contributed by atoms with E-state index in [1.54, 1.807) is 35.2 Å². The molecule has 0 aliphatic carbocycles. The van der Waals surface area contributed by atoms with E-state index in [0.717, 1.165) is 24.8 Å². The lowest BCUT2D eigenvalue weighted by molar-refractivity contribution is 0.0224. The summed E-state index contributed by atoms with van der Waals surface area (Å²) in [6.07, 6.45) is 0.598. The standard InChI is InChI=1S/C34H29F3N2O4/c1-3-12-39(28-19-27(35)31(36)20(2)32(28)37)22-9-11-29-26(17-22)34(24-7-5-4-6-23(24)33(40)43-34)25-10-8-21(18-30(25)42-29)38-13-15-41-16-14-38/h4-11,17-19H,3,12-16H2,1-2H3. The average Bonchev–Trinajstić information content (AvgIpc) is 3.33. The van der Waals surface area contributed by atoms with Crippen molar-refractivity contribution >= 4 is 23.0 Å². The first-order valence-electron chi connectivity index (χ1n) is 14.4. The minimum atomic E-state index is -1.34. The van der Waals surface area contributed by atoms with Crippen molar-refractivity contribution in [2.75, 3.05) is 42.6 Å². The molecule has 3 aliphatic heterocycles. The van der Waals surface area contributed by atoms with Crippen molar-refractivity contribution in [1.29, 1.82) is 0 Å². The molecular weight excluding hydrogens is 557 g/mol. The second-order valence-corrected chi connectivity index (χ2v) is 11.0. The zero-order chi connectivity index (χ0) is 29.9. The molecule has 220 valence electrons. The molecule has 1 fully saturated rings. The normalized spacial score (nSPS) is 18.5. The maximum Gasteiger partial charge on any atom is 0.340 e. The van der Waals surface area contributed by atoms with E-state index in [1.807, 2.05) is 37.3 Å². The average molecular weight is 587 g/mol.